The minimum atomic E-state index is -0.0720. The Kier molecular flexibility index (Phi) is 2.58. The van der Waals surface area contributed by atoms with Gasteiger partial charge in [-0.2, -0.15) is 0 Å². The highest BCUT2D eigenvalue weighted by atomic mass is 16.2. The molecule has 2 aliphatic rings. The van der Waals surface area contributed by atoms with E-state index in [4.69, 9.17) is 0 Å². The maximum Gasteiger partial charge on any atom is 0.256 e. The minimum Gasteiger partial charge on any atom is -0.332 e. The highest BCUT2D eigenvalue weighted by Gasteiger charge is 2.33. The number of nitrogens with zero attached hydrogens (tertiary/aromatic N) is 2. The van der Waals surface area contributed by atoms with Gasteiger partial charge in [0.25, 0.3) is 5.91 Å². The first-order chi connectivity index (χ1) is 8.66. The van der Waals surface area contributed by atoms with Crippen LogP contribution in [0, 0.1) is 5.92 Å². The van der Waals surface area contributed by atoms with Crippen LogP contribution in [0.5, 0.6) is 0 Å². The quantitative estimate of drug-likeness (QED) is 0.791. The summed E-state index contributed by atoms with van der Waals surface area (Å²) in [5.74, 6) is 0.556. The van der Waals surface area contributed by atoms with Gasteiger partial charge in [0.15, 0.2) is 0 Å². The average Bonchev–Trinajstić information content (AvgIpc) is 3.18. The zero-order valence-electron chi connectivity index (χ0n) is 10.4. The first-order valence-electron chi connectivity index (χ1n) is 6.31. The summed E-state index contributed by atoms with van der Waals surface area (Å²) in [6.45, 7) is 0.914. The Hall–Kier alpha value is -1.84. The average molecular weight is 244 g/mol. The third-order valence-electron chi connectivity index (χ3n) is 3.58. The number of anilines is 1. The SMILES string of the molecule is CN1CC(=O)N(CC2CC2)c2ccccc2C1=O. The van der Waals surface area contributed by atoms with Crippen molar-refractivity contribution < 1.29 is 9.59 Å². The maximum atomic E-state index is 12.2. The van der Waals surface area contributed by atoms with Crippen LogP contribution in [0.1, 0.15) is 23.2 Å². The molecule has 1 heterocycles. The third-order valence-corrected chi connectivity index (χ3v) is 3.58. The van der Waals surface area contributed by atoms with E-state index in [2.05, 4.69) is 0 Å². The molecule has 1 aromatic rings. The van der Waals surface area contributed by atoms with E-state index >= 15 is 0 Å². The molecule has 1 fully saturated rings. The van der Waals surface area contributed by atoms with E-state index in [1.54, 1.807) is 18.0 Å². The number of likely N-dealkylation sites (N-methyl/N-ethyl adjacent to an activating group) is 1. The zero-order valence-corrected chi connectivity index (χ0v) is 10.4. The van der Waals surface area contributed by atoms with E-state index in [9.17, 15) is 9.59 Å². The zero-order chi connectivity index (χ0) is 12.7. The van der Waals surface area contributed by atoms with Gasteiger partial charge in [-0.15, -0.1) is 0 Å². The van der Waals surface area contributed by atoms with Gasteiger partial charge in [0, 0.05) is 13.6 Å². The fourth-order valence-electron chi connectivity index (χ4n) is 2.35. The number of carbonyl (C=O) groups excluding carboxylic acids is 2. The van der Waals surface area contributed by atoms with E-state index in [-0.39, 0.29) is 18.4 Å². The van der Waals surface area contributed by atoms with Gasteiger partial charge in [0.05, 0.1) is 11.3 Å². The number of fused-ring (bicyclic) bond motifs is 1. The lowest BCUT2D eigenvalue weighted by atomic mass is 10.1. The Morgan fingerprint density at radius 2 is 1.94 bits per heavy atom. The highest BCUT2D eigenvalue weighted by Crippen LogP contribution is 2.33. The smallest absolute Gasteiger partial charge is 0.256 e. The normalized spacial score (nSPS) is 19.8. The number of hydrogen-bond donors (Lipinski definition) is 0. The molecule has 4 nitrogen and oxygen atoms in total. The predicted molar refractivity (Wildman–Crippen MR) is 68.5 cm³/mol. The molecular formula is C14H16N2O2. The van der Waals surface area contributed by atoms with Gasteiger partial charge < -0.3 is 9.80 Å². The summed E-state index contributed by atoms with van der Waals surface area (Å²) >= 11 is 0. The van der Waals surface area contributed by atoms with Gasteiger partial charge in [-0.05, 0) is 30.9 Å². The summed E-state index contributed by atoms with van der Waals surface area (Å²) in [5.41, 5.74) is 1.40. The molecule has 0 spiro atoms. The van der Waals surface area contributed by atoms with Gasteiger partial charge >= 0.3 is 0 Å². The van der Waals surface area contributed by atoms with Crippen molar-refractivity contribution in [3.63, 3.8) is 0 Å². The molecule has 0 radical (unpaired) electrons. The van der Waals surface area contributed by atoms with Gasteiger partial charge in [0.2, 0.25) is 5.91 Å². The van der Waals surface area contributed by atoms with Gasteiger partial charge in [0.1, 0.15) is 6.54 Å². The lowest BCUT2D eigenvalue weighted by Gasteiger charge is -2.22. The molecular weight excluding hydrogens is 228 g/mol. The van der Waals surface area contributed by atoms with Crippen LogP contribution in [-0.4, -0.2) is 36.9 Å². The van der Waals surface area contributed by atoms with Crippen LogP contribution < -0.4 is 4.90 Å². The van der Waals surface area contributed by atoms with Gasteiger partial charge in [-0.1, -0.05) is 12.1 Å². The number of para-hydroxylation sites is 1. The summed E-state index contributed by atoms with van der Waals surface area (Å²) in [7, 11) is 1.68. The first kappa shape index (κ1) is 11.3. The second kappa shape index (κ2) is 4.12. The van der Waals surface area contributed by atoms with Crippen LogP contribution in [0.2, 0.25) is 0 Å². The van der Waals surface area contributed by atoms with E-state index < -0.39 is 0 Å². The molecule has 0 atom stereocenters. The van der Waals surface area contributed by atoms with Crippen LogP contribution >= 0.6 is 0 Å². The van der Waals surface area contributed by atoms with Crippen molar-refractivity contribution in [2.45, 2.75) is 12.8 Å². The number of amides is 2. The predicted octanol–water partition coefficient (Wildman–Crippen LogP) is 1.52. The van der Waals surface area contributed by atoms with Crippen molar-refractivity contribution in [1.29, 1.82) is 0 Å². The van der Waals surface area contributed by atoms with Crippen LogP contribution in [0.3, 0.4) is 0 Å². The molecule has 94 valence electrons. The van der Waals surface area contributed by atoms with Crippen molar-refractivity contribution >= 4 is 17.5 Å². The molecule has 4 heteroatoms. The Bertz CT molecular complexity index is 508. The molecule has 18 heavy (non-hydrogen) atoms. The van der Waals surface area contributed by atoms with Crippen molar-refractivity contribution in [2.75, 3.05) is 25.0 Å². The lowest BCUT2D eigenvalue weighted by molar-refractivity contribution is -0.119. The second-order valence-electron chi connectivity index (χ2n) is 5.13. The number of rotatable bonds is 2. The summed E-state index contributed by atoms with van der Waals surface area (Å²) in [6.07, 6.45) is 2.38. The molecule has 2 amide bonds. The molecule has 1 aromatic carbocycles. The highest BCUT2D eigenvalue weighted by molar-refractivity contribution is 6.09. The molecule has 1 aliphatic heterocycles. The number of benzene rings is 1. The molecule has 1 saturated carbocycles. The van der Waals surface area contributed by atoms with Crippen LogP contribution in [-0.2, 0) is 4.79 Å². The summed E-state index contributed by atoms with van der Waals surface area (Å²) in [5, 5.41) is 0. The Labute approximate surface area is 106 Å². The minimum absolute atomic E-state index is 0.0164. The van der Waals surface area contributed by atoms with Crippen LogP contribution in [0.4, 0.5) is 5.69 Å². The molecule has 1 aliphatic carbocycles. The maximum absolute atomic E-state index is 12.2. The fraction of sp³-hybridized carbons (Fsp3) is 0.429. The largest absolute Gasteiger partial charge is 0.332 e. The molecule has 0 saturated heterocycles. The second-order valence-corrected chi connectivity index (χ2v) is 5.13. The van der Waals surface area contributed by atoms with Crippen molar-refractivity contribution in [1.82, 2.24) is 4.90 Å². The van der Waals surface area contributed by atoms with Crippen LogP contribution in [0.25, 0.3) is 0 Å². The summed E-state index contributed by atoms with van der Waals surface area (Å²) in [6, 6.07) is 7.39. The number of carbonyl (C=O) groups is 2. The standard InChI is InChI=1S/C14H16N2O2/c1-15-9-13(17)16(8-10-6-7-10)12-5-3-2-4-11(12)14(15)18/h2-5,10H,6-9H2,1H3. The molecule has 3 rings (SSSR count). The van der Waals surface area contributed by atoms with Crippen molar-refractivity contribution in [3.8, 4) is 0 Å². The fourth-order valence-corrected chi connectivity index (χ4v) is 2.35. The summed E-state index contributed by atoms with van der Waals surface area (Å²) < 4.78 is 0. The van der Waals surface area contributed by atoms with Gasteiger partial charge in [-0.3, -0.25) is 9.59 Å². The van der Waals surface area contributed by atoms with Gasteiger partial charge in [-0.25, -0.2) is 0 Å². The Morgan fingerprint density at radius 3 is 2.67 bits per heavy atom. The molecule has 0 aromatic heterocycles. The van der Waals surface area contributed by atoms with E-state index in [1.807, 2.05) is 18.2 Å². The number of hydrogen-bond acceptors (Lipinski definition) is 2. The van der Waals surface area contributed by atoms with E-state index in [0.717, 1.165) is 12.2 Å². The van der Waals surface area contributed by atoms with E-state index in [1.165, 1.54) is 17.7 Å². The first-order valence-corrected chi connectivity index (χ1v) is 6.31. The van der Waals surface area contributed by atoms with Crippen molar-refractivity contribution in [3.05, 3.63) is 29.8 Å². The lowest BCUT2D eigenvalue weighted by Crippen LogP contribution is -2.38. The van der Waals surface area contributed by atoms with Crippen molar-refractivity contribution in [2.24, 2.45) is 5.92 Å². The molecule has 0 bridgehead atoms. The topological polar surface area (TPSA) is 40.6 Å². The van der Waals surface area contributed by atoms with Crippen LogP contribution in [0.15, 0.2) is 24.3 Å². The monoisotopic (exact) mass is 244 g/mol. The molecule has 0 N–H and O–H groups in total. The Balaban J connectivity index is 2.04. The Morgan fingerprint density at radius 1 is 1.22 bits per heavy atom. The summed E-state index contributed by atoms with van der Waals surface area (Å²) in [4.78, 5) is 27.7. The van der Waals surface area contributed by atoms with E-state index in [0.29, 0.717) is 11.5 Å². The third kappa shape index (κ3) is 1.88. The molecule has 0 unspecified atom stereocenters.